The van der Waals surface area contributed by atoms with Crippen molar-refractivity contribution in [3.05, 3.63) is 29.1 Å². The van der Waals surface area contributed by atoms with Crippen LogP contribution in [-0.4, -0.2) is 32.1 Å². The van der Waals surface area contributed by atoms with Crippen molar-refractivity contribution in [3.63, 3.8) is 0 Å². The summed E-state index contributed by atoms with van der Waals surface area (Å²) in [4.78, 5) is 17.5. The molecule has 2 aliphatic rings. The molecule has 4 rings (SSSR count). The highest BCUT2D eigenvalue weighted by Crippen LogP contribution is 2.36. The predicted molar refractivity (Wildman–Crippen MR) is 105 cm³/mol. The Morgan fingerprint density at radius 3 is 2.81 bits per heavy atom. The van der Waals surface area contributed by atoms with Gasteiger partial charge in [0.1, 0.15) is 5.82 Å². The first-order chi connectivity index (χ1) is 12.8. The number of allylic oxidation sites excluding steroid dienone is 1. The highest BCUT2D eigenvalue weighted by atomic mass is 16.2. The predicted octanol–water partition coefficient (Wildman–Crippen LogP) is 3.29. The lowest BCUT2D eigenvalue weighted by Crippen LogP contribution is -2.24. The lowest BCUT2D eigenvalue weighted by atomic mass is 9.83. The maximum absolute atomic E-state index is 13.0. The van der Waals surface area contributed by atoms with Gasteiger partial charge < -0.3 is 11.1 Å². The van der Waals surface area contributed by atoms with Crippen molar-refractivity contribution in [2.75, 3.05) is 5.32 Å². The average molecular weight is 367 g/mol. The summed E-state index contributed by atoms with van der Waals surface area (Å²) < 4.78 is 1.76. The number of rotatable bonds is 3. The largest absolute Gasteiger partial charge is 0.398 e. The van der Waals surface area contributed by atoms with Gasteiger partial charge in [-0.1, -0.05) is 12.5 Å². The fourth-order valence-electron chi connectivity index (χ4n) is 3.34. The zero-order chi connectivity index (χ0) is 19.2. The van der Waals surface area contributed by atoms with Crippen LogP contribution >= 0.6 is 0 Å². The zero-order valence-corrected chi connectivity index (χ0v) is 15.9. The first kappa shape index (κ1) is 17.5. The number of aromatic amines is 1. The van der Waals surface area contributed by atoms with Crippen LogP contribution in [0.25, 0.3) is 5.70 Å². The Morgan fingerprint density at radius 1 is 1.37 bits per heavy atom. The van der Waals surface area contributed by atoms with Crippen molar-refractivity contribution in [3.8, 4) is 0 Å². The third-order valence-electron chi connectivity index (χ3n) is 5.03. The van der Waals surface area contributed by atoms with Gasteiger partial charge in [0, 0.05) is 30.3 Å². The molecule has 0 aromatic carbocycles. The molecule has 8 nitrogen and oxygen atoms in total. The lowest BCUT2D eigenvalue weighted by Gasteiger charge is -2.22. The van der Waals surface area contributed by atoms with E-state index in [0.29, 0.717) is 35.2 Å². The first-order valence-electron chi connectivity index (χ1n) is 9.33. The minimum atomic E-state index is -0.337. The van der Waals surface area contributed by atoms with Gasteiger partial charge in [-0.15, -0.1) is 0 Å². The molecule has 1 amide bonds. The molecule has 1 fully saturated rings. The number of amides is 1. The van der Waals surface area contributed by atoms with E-state index in [1.165, 1.54) is 6.42 Å². The summed E-state index contributed by atoms with van der Waals surface area (Å²) in [6.45, 7) is 6.05. The van der Waals surface area contributed by atoms with Crippen molar-refractivity contribution < 1.29 is 4.79 Å². The minimum Gasteiger partial charge on any atom is -0.398 e. The van der Waals surface area contributed by atoms with Gasteiger partial charge in [0.05, 0.1) is 16.8 Å². The summed E-state index contributed by atoms with van der Waals surface area (Å²) in [7, 11) is 0. The lowest BCUT2D eigenvalue weighted by molar-refractivity contribution is 0.102. The molecule has 2 aromatic rings. The molecule has 1 aliphatic heterocycles. The summed E-state index contributed by atoms with van der Waals surface area (Å²) in [5, 5.41) is 14.7. The Morgan fingerprint density at radius 2 is 2.15 bits per heavy atom. The first-order valence-corrected chi connectivity index (χ1v) is 9.33. The standard InChI is InChI=1S/C19H25N7O/c1-19(2,3)26-17-15(12(20)8-5-9-21-17)16(25-26)18(27)22-14-10-13(23-24-14)11-6-4-7-11/h8-11H,4-7,20H2,1-3H3,(H2,22,23,24,27). The number of fused-ring (bicyclic) bond motifs is 1. The Hall–Kier alpha value is -2.90. The minimum absolute atomic E-state index is 0.271. The number of carbonyl (C=O) groups excluding carboxylic acids is 1. The van der Waals surface area contributed by atoms with Crippen LogP contribution in [0.5, 0.6) is 0 Å². The molecular formula is C19H25N7O. The van der Waals surface area contributed by atoms with E-state index in [-0.39, 0.29) is 17.1 Å². The molecule has 0 unspecified atom stereocenters. The maximum Gasteiger partial charge on any atom is 0.278 e. The molecule has 27 heavy (non-hydrogen) atoms. The highest BCUT2D eigenvalue weighted by Gasteiger charge is 2.30. The summed E-state index contributed by atoms with van der Waals surface area (Å²) in [6.07, 6.45) is 7.80. The molecule has 4 N–H and O–H groups in total. The molecule has 8 heteroatoms. The SMILES string of the molecule is CC(C)(C)n1nc(C(=O)Nc2cc(C3CCC3)n[nH]2)c2c1N=CCC=C2N. The molecular weight excluding hydrogens is 342 g/mol. The number of aliphatic imine (C=N–C) groups is 1. The number of carbonyl (C=O) groups is 1. The van der Waals surface area contributed by atoms with Crippen molar-refractivity contribution in [1.29, 1.82) is 0 Å². The Bertz CT molecular complexity index is 938. The van der Waals surface area contributed by atoms with Crippen LogP contribution in [0.15, 0.2) is 17.1 Å². The van der Waals surface area contributed by atoms with Gasteiger partial charge in [-0.3, -0.25) is 9.89 Å². The van der Waals surface area contributed by atoms with Gasteiger partial charge >= 0.3 is 0 Å². The number of nitrogens with two attached hydrogens (primary N) is 1. The fourth-order valence-corrected chi connectivity index (χ4v) is 3.34. The Labute approximate surface area is 157 Å². The third-order valence-corrected chi connectivity index (χ3v) is 5.03. The van der Waals surface area contributed by atoms with Crippen LogP contribution < -0.4 is 11.1 Å². The van der Waals surface area contributed by atoms with Gasteiger partial charge in [0.2, 0.25) is 0 Å². The average Bonchev–Trinajstić information content (AvgIpc) is 3.09. The molecule has 1 saturated carbocycles. The van der Waals surface area contributed by atoms with E-state index in [4.69, 9.17) is 5.73 Å². The van der Waals surface area contributed by atoms with E-state index in [0.717, 1.165) is 18.5 Å². The Balaban J connectivity index is 1.68. The van der Waals surface area contributed by atoms with E-state index in [1.54, 1.807) is 10.9 Å². The summed E-state index contributed by atoms with van der Waals surface area (Å²) in [5.74, 6) is 1.35. The number of nitrogens with zero attached hydrogens (tertiary/aromatic N) is 4. The van der Waals surface area contributed by atoms with Crippen molar-refractivity contribution in [1.82, 2.24) is 20.0 Å². The number of hydrogen-bond donors (Lipinski definition) is 3. The molecule has 0 spiro atoms. The Kier molecular flexibility index (Phi) is 4.13. The molecule has 3 heterocycles. The molecule has 0 radical (unpaired) electrons. The third kappa shape index (κ3) is 3.15. The van der Waals surface area contributed by atoms with E-state index < -0.39 is 0 Å². The van der Waals surface area contributed by atoms with Gasteiger partial charge in [-0.2, -0.15) is 10.2 Å². The second-order valence-corrected chi connectivity index (χ2v) is 8.13. The molecule has 0 bridgehead atoms. The van der Waals surface area contributed by atoms with Crippen LogP contribution in [0.1, 0.15) is 74.1 Å². The fraction of sp³-hybridized carbons (Fsp3) is 0.474. The number of anilines is 1. The number of H-pyrrole nitrogens is 1. The quantitative estimate of drug-likeness (QED) is 0.772. The van der Waals surface area contributed by atoms with Gasteiger partial charge in [0.15, 0.2) is 11.5 Å². The molecule has 0 atom stereocenters. The van der Waals surface area contributed by atoms with Crippen molar-refractivity contribution in [2.24, 2.45) is 10.7 Å². The summed E-state index contributed by atoms with van der Waals surface area (Å²) in [6, 6.07) is 1.90. The maximum atomic E-state index is 13.0. The van der Waals surface area contributed by atoms with E-state index in [1.807, 2.05) is 32.9 Å². The molecule has 142 valence electrons. The van der Waals surface area contributed by atoms with E-state index in [9.17, 15) is 4.79 Å². The van der Waals surface area contributed by atoms with Gasteiger partial charge in [-0.25, -0.2) is 9.67 Å². The molecule has 0 saturated heterocycles. The van der Waals surface area contributed by atoms with Gasteiger partial charge in [-0.05, 0) is 33.6 Å². The van der Waals surface area contributed by atoms with Crippen LogP contribution in [0, 0.1) is 0 Å². The second-order valence-electron chi connectivity index (χ2n) is 8.13. The van der Waals surface area contributed by atoms with Crippen LogP contribution in [0.2, 0.25) is 0 Å². The molecule has 2 aromatic heterocycles. The van der Waals surface area contributed by atoms with Gasteiger partial charge in [0.25, 0.3) is 5.91 Å². The molecule has 1 aliphatic carbocycles. The van der Waals surface area contributed by atoms with Crippen LogP contribution in [0.3, 0.4) is 0 Å². The highest BCUT2D eigenvalue weighted by molar-refractivity contribution is 6.07. The normalized spacial score (nSPS) is 17.1. The van der Waals surface area contributed by atoms with Crippen molar-refractivity contribution >= 4 is 29.5 Å². The summed E-state index contributed by atoms with van der Waals surface area (Å²) in [5.41, 5.74) is 8.26. The topological polar surface area (TPSA) is 114 Å². The monoisotopic (exact) mass is 367 g/mol. The zero-order valence-electron chi connectivity index (χ0n) is 15.9. The van der Waals surface area contributed by atoms with E-state index in [2.05, 4.69) is 25.6 Å². The number of nitrogens with one attached hydrogen (secondary N) is 2. The number of hydrogen-bond acceptors (Lipinski definition) is 5. The number of aromatic nitrogens is 4. The van der Waals surface area contributed by atoms with E-state index >= 15 is 0 Å². The smallest absolute Gasteiger partial charge is 0.278 e. The van der Waals surface area contributed by atoms with Crippen molar-refractivity contribution in [2.45, 2.75) is 57.9 Å². The summed E-state index contributed by atoms with van der Waals surface area (Å²) >= 11 is 0. The second kappa shape index (κ2) is 6.37. The van der Waals surface area contributed by atoms with Crippen LogP contribution in [-0.2, 0) is 5.54 Å². The van der Waals surface area contributed by atoms with Crippen LogP contribution in [0.4, 0.5) is 11.6 Å².